The highest BCUT2D eigenvalue weighted by Crippen LogP contribution is 2.28. The second-order valence-corrected chi connectivity index (χ2v) is 8.55. The van der Waals surface area contributed by atoms with Crippen LogP contribution in [0.3, 0.4) is 0 Å². The van der Waals surface area contributed by atoms with E-state index in [2.05, 4.69) is 67.8 Å². The summed E-state index contributed by atoms with van der Waals surface area (Å²) in [5.74, 6) is 0. The number of likely N-dealkylation sites (tertiary alicyclic amines) is 1. The highest BCUT2D eigenvalue weighted by molar-refractivity contribution is 5.92. The standard InChI is InChI=1S/C27H32N6/c1-4-11-28-16-20(2)30-21(3)27-25-15-23(9-10-26(25)31-32-27)24-14-22(17-29-18-24)19-33-12-7-5-6-8-13-33/h4,9-11,14-18,30H,1,3,5-8,12-13,19H2,2H3,(H,31,32)/b20-16+,28-11?. The monoisotopic (exact) mass is 440 g/mol. The van der Waals surface area contributed by atoms with Crippen molar-refractivity contribution in [2.75, 3.05) is 13.1 Å². The molecule has 0 atom stereocenters. The third kappa shape index (κ3) is 5.84. The molecule has 0 saturated carbocycles. The molecule has 3 heterocycles. The quantitative estimate of drug-likeness (QED) is 0.442. The van der Waals surface area contributed by atoms with E-state index in [1.54, 1.807) is 18.5 Å². The summed E-state index contributed by atoms with van der Waals surface area (Å²) in [5, 5.41) is 11.9. The van der Waals surface area contributed by atoms with Crippen molar-refractivity contribution in [1.29, 1.82) is 0 Å². The highest BCUT2D eigenvalue weighted by Gasteiger charge is 2.13. The van der Waals surface area contributed by atoms with Crippen LogP contribution in [0.5, 0.6) is 0 Å². The summed E-state index contributed by atoms with van der Waals surface area (Å²) in [6.07, 6.45) is 14.2. The normalized spacial score (nSPS) is 15.6. The average Bonchev–Trinajstić information content (AvgIpc) is 3.08. The van der Waals surface area contributed by atoms with E-state index >= 15 is 0 Å². The number of hydrogen-bond donors (Lipinski definition) is 2. The molecule has 3 aromatic rings. The highest BCUT2D eigenvalue weighted by atomic mass is 15.1. The number of rotatable bonds is 8. The lowest BCUT2D eigenvalue weighted by molar-refractivity contribution is 0.277. The fourth-order valence-corrected chi connectivity index (χ4v) is 4.25. The van der Waals surface area contributed by atoms with Crippen molar-refractivity contribution in [2.45, 2.75) is 39.2 Å². The Kier molecular flexibility index (Phi) is 7.47. The van der Waals surface area contributed by atoms with E-state index in [4.69, 9.17) is 0 Å². The summed E-state index contributed by atoms with van der Waals surface area (Å²) in [6.45, 7) is 13.1. The van der Waals surface area contributed by atoms with Crippen molar-refractivity contribution in [1.82, 2.24) is 25.4 Å². The van der Waals surface area contributed by atoms with Crippen LogP contribution in [0.25, 0.3) is 27.7 Å². The van der Waals surface area contributed by atoms with Crippen LogP contribution >= 0.6 is 0 Å². The number of aromatic nitrogens is 3. The van der Waals surface area contributed by atoms with Crippen molar-refractivity contribution < 1.29 is 0 Å². The second-order valence-electron chi connectivity index (χ2n) is 8.55. The molecule has 170 valence electrons. The Balaban J connectivity index is 1.55. The first-order valence-corrected chi connectivity index (χ1v) is 11.6. The van der Waals surface area contributed by atoms with E-state index in [-0.39, 0.29) is 0 Å². The van der Waals surface area contributed by atoms with Crippen LogP contribution in [-0.2, 0) is 6.54 Å². The first kappa shape index (κ1) is 22.7. The lowest BCUT2D eigenvalue weighted by Crippen LogP contribution is -2.24. The molecule has 6 heteroatoms. The molecule has 0 aliphatic carbocycles. The van der Waals surface area contributed by atoms with Crippen LogP contribution in [-0.4, -0.2) is 39.4 Å². The molecule has 1 aliphatic heterocycles. The molecule has 6 nitrogen and oxygen atoms in total. The van der Waals surface area contributed by atoms with Crippen LogP contribution in [0.4, 0.5) is 0 Å². The van der Waals surface area contributed by atoms with Gasteiger partial charge in [0.25, 0.3) is 0 Å². The van der Waals surface area contributed by atoms with E-state index in [0.29, 0.717) is 5.70 Å². The first-order valence-electron chi connectivity index (χ1n) is 11.6. The molecule has 0 unspecified atom stereocenters. The molecule has 33 heavy (non-hydrogen) atoms. The van der Waals surface area contributed by atoms with Gasteiger partial charge >= 0.3 is 0 Å². The van der Waals surface area contributed by atoms with Gasteiger partial charge < -0.3 is 5.32 Å². The summed E-state index contributed by atoms with van der Waals surface area (Å²) in [4.78, 5) is 11.2. The summed E-state index contributed by atoms with van der Waals surface area (Å²) in [7, 11) is 0. The third-order valence-electron chi connectivity index (χ3n) is 5.89. The number of pyridine rings is 1. The lowest BCUT2D eigenvalue weighted by atomic mass is 10.0. The number of aromatic amines is 1. The Morgan fingerprint density at radius 1 is 1.15 bits per heavy atom. The van der Waals surface area contributed by atoms with E-state index in [0.717, 1.165) is 40.0 Å². The van der Waals surface area contributed by atoms with Gasteiger partial charge in [-0.1, -0.05) is 38.1 Å². The van der Waals surface area contributed by atoms with Crippen LogP contribution in [0.2, 0.25) is 0 Å². The Labute approximate surface area is 195 Å². The largest absolute Gasteiger partial charge is 0.357 e. The molecular weight excluding hydrogens is 408 g/mol. The van der Waals surface area contributed by atoms with Crippen LogP contribution < -0.4 is 5.32 Å². The molecule has 4 rings (SSSR count). The minimum Gasteiger partial charge on any atom is -0.357 e. The Bertz CT molecular complexity index is 1180. The van der Waals surface area contributed by atoms with E-state index in [1.165, 1.54) is 44.3 Å². The number of hydrogen-bond acceptors (Lipinski definition) is 5. The summed E-state index contributed by atoms with van der Waals surface area (Å²) >= 11 is 0. The molecule has 2 aromatic heterocycles. The van der Waals surface area contributed by atoms with Gasteiger partial charge in [0.2, 0.25) is 0 Å². The van der Waals surface area contributed by atoms with Gasteiger partial charge in [0.15, 0.2) is 0 Å². The number of nitrogens with zero attached hydrogens (tertiary/aromatic N) is 4. The maximum Gasteiger partial charge on any atom is 0.116 e. The van der Waals surface area contributed by atoms with E-state index in [1.807, 2.05) is 19.3 Å². The van der Waals surface area contributed by atoms with E-state index in [9.17, 15) is 0 Å². The molecule has 2 N–H and O–H groups in total. The number of allylic oxidation sites excluding steroid dienone is 2. The maximum absolute atomic E-state index is 4.54. The molecule has 1 aliphatic rings. The molecule has 1 aromatic carbocycles. The van der Waals surface area contributed by atoms with Crippen molar-refractivity contribution in [3.63, 3.8) is 0 Å². The molecule has 0 bridgehead atoms. The smallest absolute Gasteiger partial charge is 0.116 e. The molecule has 0 radical (unpaired) electrons. The number of aliphatic imine (C=N–C) groups is 1. The minimum atomic E-state index is 0.717. The molecular formula is C27H32N6. The van der Waals surface area contributed by atoms with Gasteiger partial charge in [-0.2, -0.15) is 5.10 Å². The van der Waals surface area contributed by atoms with Gasteiger partial charge in [0, 0.05) is 48.0 Å². The zero-order chi connectivity index (χ0) is 23.0. The van der Waals surface area contributed by atoms with Crippen LogP contribution in [0.15, 0.2) is 72.8 Å². The number of benzene rings is 1. The molecule has 1 saturated heterocycles. The zero-order valence-electron chi connectivity index (χ0n) is 19.3. The summed E-state index contributed by atoms with van der Waals surface area (Å²) in [5.41, 5.74) is 6.84. The minimum absolute atomic E-state index is 0.717. The number of H-pyrrole nitrogens is 1. The molecule has 0 spiro atoms. The van der Waals surface area contributed by atoms with Crippen molar-refractivity contribution in [2.24, 2.45) is 4.99 Å². The molecule has 0 amide bonds. The van der Waals surface area contributed by atoms with Gasteiger partial charge in [0.05, 0.1) is 11.2 Å². The summed E-state index contributed by atoms with van der Waals surface area (Å²) < 4.78 is 0. The Morgan fingerprint density at radius 3 is 2.76 bits per heavy atom. The fraction of sp³-hybridized carbons (Fsp3) is 0.296. The SMILES string of the molecule is C=CC=N/C=C(\C)NC(=C)c1n[nH]c2ccc(-c3cncc(CN4CCCCCC4)c3)cc12. The maximum atomic E-state index is 4.54. The Hall–Kier alpha value is -3.51. The predicted octanol–water partition coefficient (Wildman–Crippen LogP) is 5.68. The summed E-state index contributed by atoms with van der Waals surface area (Å²) in [6, 6.07) is 8.59. The fourth-order valence-electron chi connectivity index (χ4n) is 4.25. The predicted molar refractivity (Wildman–Crippen MR) is 138 cm³/mol. The van der Waals surface area contributed by atoms with Crippen LogP contribution in [0.1, 0.15) is 43.9 Å². The number of nitrogens with one attached hydrogen (secondary N) is 2. The van der Waals surface area contributed by atoms with Gasteiger partial charge in [-0.25, -0.2) is 0 Å². The van der Waals surface area contributed by atoms with Crippen molar-refractivity contribution in [3.05, 3.63) is 79.0 Å². The van der Waals surface area contributed by atoms with Gasteiger partial charge in [-0.15, -0.1) is 0 Å². The van der Waals surface area contributed by atoms with Gasteiger partial charge in [0.1, 0.15) is 5.69 Å². The Morgan fingerprint density at radius 2 is 1.97 bits per heavy atom. The van der Waals surface area contributed by atoms with Crippen LogP contribution in [0, 0.1) is 0 Å². The number of fused-ring (bicyclic) bond motifs is 1. The third-order valence-corrected chi connectivity index (χ3v) is 5.89. The van der Waals surface area contributed by atoms with Crippen molar-refractivity contribution >= 4 is 22.8 Å². The van der Waals surface area contributed by atoms with Gasteiger partial charge in [-0.05, 0) is 62.2 Å². The molecule has 1 fully saturated rings. The zero-order valence-corrected chi connectivity index (χ0v) is 19.3. The average molecular weight is 441 g/mol. The van der Waals surface area contributed by atoms with E-state index < -0.39 is 0 Å². The van der Waals surface area contributed by atoms with Gasteiger partial charge in [-0.3, -0.25) is 20.0 Å². The topological polar surface area (TPSA) is 69.2 Å². The van der Waals surface area contributed by atoms with Crippen molar-refractivity contribution in [3.8, 4) is 11.1 Å². The first-order chi connectivity index (χ1) is 16.1. The second kappa shape index (κ2) is 10.9. The lowest BCUT2D eigenvalue weighted by Gasteiger charge is -2.19.